The lowest BCUT2D eigenvalue weighted by molar-refractivity contribution is 0.252. The molecule has 0 aliphatic rings. The quantitative estimate of drug-likeness (QED) is 0.817. The molecule has 3 nitrogen and oxygen atoms in total. The first-order valence-electron chi connectivity index (χ1n) is 5.95. The van der Waals surface area contributed by atoms with Gasteiger partial charge in [0.15, 0.2) is 0 Å². The van der Waals surface area contributed by atoms with E-state index in [0.29, 0.717) is 34.8 Å². The fraction of sp³-hybridized carbons (Fsp3) is 0.214. The maximum absolute atomic E-state index is 12.5. The molecule has 20 heavy (non-hydrogen) atoms. The molecule has 106 valence electrons. The van der Waals surface area contributed by atoms with Gasteiger partial charge in [-0.15, -0.1) is 0 Å². The van der Waals surface area contributed by atoms with E-state index >= 15 is 0 Å². The van der Waals surface area contributed by atoms with Crippen LogP contribution in [-0.4, -0.2) is 17.9 Å². The minimum atomic E-state index is -2.43. The molecular weight excluding hydrogens is 282 g/mol. The Hall–Kier alpha value is -1.82. The topological polar surface area (TPSA) is 34.1 Å². The number of hydrogen-bond donors (Lipinski definition) is 1. The molecule has 2 aromatic rings. The van der Waals surface area contributed by atoms with Crippen LogP contribution in [0.4, 0.5) is 14.5 Å². The van der Waals surface area contributed by atoms with Crippen molar-refractivity contribution in [3.8, 4) is 5.88 Å². The number of halogens is 2. The lowest BCUT2D eigenvalue weighted by atomic mass is 10.2. The summed E-state index contributed by atoms with van der Waals surface area (Å²) in [5.41, 5.74) is 1.64. The fourth-order valence-electron chi connectivity index (χ4n) is 1.64. The summed E-state index contributed by atoms with van der Waals surface area (Å²) in [5.74, 6) is -1.89. The summed E-state index contributed by atoms with van der Waals surface area (Å²) >= 11 is 0.535. The molecule has 0 unspecified atom stereocenters. The summed E-state index contributed by atoms with van der Waals surface area (Å²) in [5, 5.41) is 3.14. The second-order valence-corrected chi connectivity index (χ2v) is 4.97. The van der Waals surface area contributed by atoms with Gasteiger partial charge in [0, 0.05) is 29.4 Å². The molecule has 0 saturated heterocycles. The van der Waals surface area contributed by atoms with Gasteiger partial charge in [-0.2, -0.15) is 8.78 Å². The molecule has 0 aliphatic heterocycles. The number of hydrogen-bond acceptors (Lipinski definition) is 4. The molecule has 0 fully saturated rings. The van der Waals surface area contributed by atoms with Gasteiger partial charge in [-0.05, 0) is 17.7 Å². The first-order valence-corrected chi connectivity index (χ1v) is 6.83. The van der Waals surface area contributed by atoms with Crippen molar-refractivity contribution in [2.24, 2.45) is 0 Å². The van der Waals surface area contributed by atoms with Crippen LogP contribution in [0.1, 0.15) is 5.56 Å². The zero-order chi connectivity index (χ0) is 14.4. The Morgan fingerprint density at radius 3 is 2.70 bits per heavy atom. The number of pyridine rings is 1. The van der Waals surface area contributed by atoms with E-state index < -0.39 is 5.76 Å². The summed E-state index contributed by atoms with van der Waals surface area (Å²) in [6.07, 6.45) is 1.69. The number of anilines is 1. The van der Waals surface area contributed by atoms with Crippen molar-refractivity contribution >= 4 is 17.4 Å². The molecule has 0 bridgehead atoms. The van der Waals surface area contributed by atoms with Gasteiger partial charge >= 0.3 is 0 Å². The van der Waals surface area contributed by atoms with Crippen LogP contribution in [0.15, 0.2) is 47.5 Å². The number of alkyl halides is 2. The second kappa shape index (κ2) is 7.09. The standard InChI is InChI=1S/C14H14F2N2OS/c1-19-13-7-6-10(9-18-13)8-17-11-4-2-3-5-12(11)20-14(15)16/h2-7,9,14,17H,8H2,1H3. The van der Waals surface area contributed by atoms with E-state index in [4.69, 9.17) is 4.74 Å². The number of aromatic nitrogens is 1. The summed E-state index contributed by atoms with van der Waals surface area (Å²) in [7, 11) is 1.55. The molecule has 0 saturated carbocycles. The van der Waals surface area contributed by atoms with Gasteiger partial charge in [0.05, 0.1) is 7.11 Å². The minimum absolute atomic E-state index is 0.512. The van der Waals surface area contributed by atoms with Gasteiger partial charge in [-0.3, -0.25) is 0 Å². The Kier molecular flexibility index (Phi) is 5.17. The van der Waals surface area contributed by atoms with Crippen molar-refractivity contribution in [2.45, 2.75) is 17.2 Å². The minimum Gasteiger partial charge on any atom is -0.481 e. The van der Waals surface area contributed by atoms with Crippen LogP contribution in [0, 0.1) is 0 Å². The van der Waals surface area contributed by atoms with E-state index in [-0.39, 0.29) is 0 Å². The lowest BCUT2D eigenvalue weighted by Gasteiger charge is -2.11. The third-order valence-corrected chi connectivity index (χ3v) is 3.38. The molecule has 0 aliphatic carbocycles. The van der Waals surface area contributed by atoms with Gasteiger partial charge < -0.3 is 10.1 Å². The molecular formula is C14H14F2N2OS. The second-order valence-electron chi connectivity index (χ2n) is 3.94. The first-order chi connectivity index (χ1) is 9.69. The number of nitrogens with one attached hydrogen (secondary N) is 1. The average Bonchev–Trinajstić information content (AvgIpc) is 2.46. The monoisotopic (exact) mass is 296 g/mol. The van der Waals surface area contributed by atoms with E-state index in [1.165, 1.54) is 0 Å². The van der Waals surface area contributed by atoms with Crippen LogP contribution in [0.25, 0.3) is 0 Å². The van der Waals surface area contributed by atoms with Gasteiger partial charge in [0.1, 0.15) is 0 Å². The SMILES string of the molecule is COc1ccc(CNc2ccccc2SC(F)F)cn1. The third-order valence-electron chi connectivity index (χ3n) is 2.59. The largest absolute Gasteiger partial charge is 0.481 e. The number of para-hydroxylation sites is 1. The summed E-state index contributed by atoms with van der Waals surface area (Å²) < 4.78 is 29.9. The summed E-state index contributed by atoms with van der Waals surface area (Å²) in [4.78, 5) is 4.62. The van der Waals surface area contributed by atoms with Crippen molar-refractivity contribution in [3.05, 3.63) is 48.2 Å². The zero-order valence-corrected chi connectivity index (χ0v) is 11.7. The van der Waals surface area contributed by atoms with Crippen molar-refractivity contribution in [3.63, 3.8) is 0 Å². The molecule has 6 heteroatoms. The number of methoxy groups -OCH3 is 1. The Labute approximate surface area is 120 Å². The van der Waals surface area contributed by atoms with Gasteiger partial charge in [-0.1, -0.05) is 30.0 Å². The summed E-state index contributed by atoms with van der Waals surface area (Å²) in [6, 6.07) is 10.6. The Balaban J connectivity index is 2.02. The predicted octanol–water partition coefficient (Wildman–Crippen LogP) is 4.02. The highest BCUT2D eigenvalue weighted by molar-refractivity contribution is 7.99. The van der Waals surface area contributed by atoms with E-state index in [2.05, 4.69) is 10.3 Å². The molecule has 0 spiro atoms. The van der Waals surface area contributed by atoms with E-state index in [0.717, 1.165) is 5.56 Å². The third kappa shape index (κ3) is 4.09. The van der Waals surface area contributed by atoms with Crippen LogP contribution in [-0.2, 0) is 6.54 Å². The fourth-order valence-corrected chi connectivity index (χ4v) is 2.26. The van der Waals surface area contributed by atoms with Crippen molar-refractivity contribution in [1.82, 2.24) is 4.98 Å². The maximum Gasteiger partial charge on any atom is 0.288 e. The van der Waals surface area contributed by atoms with E-state index in [1.807, 2.05) is 12.1 Å². The molecule has 0 radical (unpaired) electrons. The number of thioether (sulfide) groups is 1. The van der Waals surface area contributed by atoms with Gasteiger partial charge in [-0.25, -0.2) is 4.98 Å². The highest BCUT2D eigenvalue weighted by atomic mass is 32.2. The molecule has 1 N–H and O–H groups in total. The predicted molar refractivity (Wildman–Crippen MR) is 76.4 cm³/mol. The Morgan fingerprint density at radius 2 is 2.05 bits per heavy atom. The van der Waals surface area contributed by atoms with Crippen LogP contribution in [0.3, 0.4) is 0 Å². The van der Waals surface area contributed by atoms with Crippen molar-refractivity contribution < 1.29 is 13.5 Å². The highest BCUT2D eigenvalue weighted by Crippen LogP contribution is 2.31. The molecule has 1 aromatic carbocycles. The van der Waals surface area contributed by atoms with Crippen molar-refractivity contribution in [1.29, 1.82) is 0 Å². The first kappa shape index (κ1) is 14.6. The zero-order valence-electron chi connectivity index (χ0n) is 10.8. The highest BCUT2D eigenvalue weighted by Gasteiger charge is 2.09. The van der Waals surface area contributed by atoms with Crippen LogP contribution < -0.4 is 10.1 Å². The molecule has 0 atom stereocenters. The molecule has 0 amide bonds. The Morgan fingerprint density at radius 1 is 1.25 bits per heavy atom. The average molecular weight is 296 g/mol. The number of rotatable bonds is 6. The van der Waals surface area contributed by atoms with Crippen LogP contribution in [0.2, 0.25) is 0 Å². The van der Waals surface area contributed by atoms with Gasteiger partial charge in [0.2, 0.25) is 5.88 Å². The number of nitrogens with zero attached hydrogens (tertiary/aromatic N) is 1. The Bertz CT molecular complexity index is 549. The lowest BCUT2D eigenvalue weighted by Crippen LogP contribution is -2.01. The number of ether oxygens (including phenoxy) is 1. The van der Waals surface area contributed by atoms with Crippen molar-refractivity contribution in [2.75, 3.05) is 12.4 Å². The molecule has 1 aromatic heterocycles. The summed E-state index contributed by atoms with van der Waals surface area (Å²) in [6.45, 7) is 0.512. The van der Waals surface area contributed by atoms with Gasteiger partial charge in [0.25, 0.3) is 5.76 Å². The number of benzene rings is 1. The van der Waals surface area contributed by atoms with Crippen LogP contribution >= 0.6 is 11.8 Å². The normalized spacial score (nSPS) is 10.6. The molecule has 2 rings (SSSR count). The van der Waals surface area contributed by atoms with Crippen LogP contribution in [0.5, 0.6) is 5.88 Å². The maximum atomic E-state index is 12.5. The van der Waals surface area contributed by atoms with E-state index in [1.54, 1.807) is 37.6 Å². The molecule has 1 heterocycles. The smallest absolute Gasteiger partial charge is 0.288 e. The van der Waals surface area contributed by atoms with E-state index in [9.17, 15) is 8.78 Å².